The number of nitrogens with zero attached hydrogens (tertiary/aromatic N) is 4. The van der Waals surface area contributed by atoms with Crippen LogP contribution in [0.4, 0.5) is 5.69 Å². The molecule has 0 atom stereocenters. The highest BCUT2D eigenvalue weighted by Gasteiger charge is 2.27. The maximum Gasteiger partial charge on any atom is 0.296 e. The van der Waals surface area contributed by atoms with Gasteiger partial charge in [0, 0.05) is 22.8 Å². The van der Waals surface area contributed by atoms with Gasteiger partial charge in [-0.3, -0.25) is 14.7 Å². The third-order valence-corrected chi connectivity index (χ3v) is 4.06. The Labute approximate surface area is 124 Å². The molecule has 0 aliphatic carbocycles. The summed E-state index contributed by atoms with van der Waals surface area (Å²) in [5.41, 5.74) is 0.498. The van der Waals surface area contributed by atoms with Crippen molar-refractivity contribution >= 4 is 25.4 Å². The van der Waals surface area contributed by atoms with Gasteiger partial charge in [0.2, 0.25) is 0 Å². The highest BCUT2D eigenvalue weighted by molar-refractivity contribution is 8.13. The summed E-state index contributed by atoms with van der Waals surface area (Å²) < 4.78 is 24.1. The Morgan fingerprint density at radius 2 is 2.05 bits per heavy atom. The quantitative estimate of drug-likeness (QED) is 0.482. The Bertz CT molecular complexity index is 816. The summed E-state index contributed by atoms with van der Waals surface area (Å²) in [6.45, 7) is 3.46. The lowest BCUT2D eigenvalue weighted by Crippen LogP contribution is -2.07. The van der Waals surface area contributed by atoms with E-state index in [-0.39, 0.29) is 23.6 Å². The fourth-order valence-electron chi connectivity index (χ4n) is 2.04. The van der Waals surface area contributed by atoms with Crippen LogP contribution in [0.25, 0.3) is 11.4 Å². The van der Waals surface area contributed by atoms with Crippen molar-refractivity contribution in [2.24, 2.45) is 0 Å². The maximum atomic E-state index is 11.5. The summed E-state index contributed by atoms with van der Waals surface area (Å²) in [4.78, 5) is 10.7. The molecule has 1 aromatic heterocycles. The average molecular weight is 331 g/mol. The monoisotopic (exact) mass is 330 g/mol. The van der Waals surface area contributed by atoms with Crippen molar-refractivity contribution < 1.29 is 13.3 Å². The Balaban J connectivity index is 2.78. The van der Waals surface area contributed by atoms with Crippen LogP contribution < -0.4 is 0 Å². The lowest BCUT2D eigenvalue weighted by molar-refractivity contribution is -0.384. The van der Waals surface area contributed by atoms with E-state index in [0.717, 1.165) is 0 Å². The first-order chi connectivity index (χ1) is 9.77. The standard InChI is InChI=1S/C11H11ClN4O4S/c1-3-15-10(13-14-11(15)21(12,19)20)8-6-4-5-7(2)9(8)16(17)18/h4-6H,3H2,1-2H3. The van der Waals surface area contributed by atoms with Gasteiger partial charge in [-0.2, -0.15) is 0 Å². The lowest BCUT2D eigenvalue weighted by atomic mass is 10.1. The van der Waals surface area contributed by atoms with Gasteiger partial charge < -0.3 is 0 Å². The number of hydrogen-bond acceptors (Lipinski definition) is 6. The number of hydrogen-bond donors (Lipinski definition) is 0. The molecule has 0 aliphatic rings. The van der Waals surface area contributed by atoms with Crippen LogP contribution >= 0.6 is 10.7 Å². The first-order valence-electron chi connectivity index (χ1n) is 5.89. The van der Waals surface area contributed by atoms with Crippen molar-refractivity contribution in [2.75, 3.05) is 0 Å². The van der Waals surface area contributed by atoms with Gasteiger partial charge in [-0.15, -0.1) is 10.2 Å². The van der Waals surface area contributed by atoms with E-state index >= 15 is 0 Å². The van der Waals surface area contributed by atoms with Crippen LogP contribution in [0.15, 0.2) is 23.4 Å². The van der Waals surface area contributed by atoms with Gasteiger partial charge in [-0.05, 0) is 19.9 Å². The summed E-state index contributed by atoms with van der Waals surface area (Å²) in [5, 5.41) is 18.1. The smallest absolute Gasteiger partial charge is 0.296 e. The molecule has 0 bridgehead atoms. The summed E-state index contributed by atoms with van der Waals surface area (Å²) in [7, 11) is 1.21. The molecule has 2 rings (SSSR count). The second-order valence-corrected chi connectivity index (χ2v) is 6.68. The van der Waals surface area contributed by atoms with Crippen molar-refractivity contribution in [1.29, 1.82) is 0 Å². The number of para-hydroxylation sites is 1. The van der Waals surface area contributed by atoms with Crippen LogP contribution in [-0.4, -0.2) is 28.1 Å². The van der Waals surface area contributed by atoms with E-state index in [2.05, 4.69) is 10.2 Å². The highest BCUT2D eigenvalue weighted by atomic mass is 35.7. The van der Waals surface area contributed by atoms with Gasteiger partial charge in [-0.1, -0.05) is 12.1 Å². The predicted octanol–water partition coefficient (Wildman–Crippen LogP) is 2.11. The number of benzene rings is 1. The van der Waals surface area contributed by atoms with Crippen molar-refractivity contribution in [3.05, 3.63) is 33.9 Å². The van der Waals surface area contributed by atoms with Gasteiger partial charge in [0.05, 0.1) is 10.5 Å². The Hall–Kier alpha value is -2.00. The molecule has 1 heterocycles. The Morgan fingerprint density at radius 3 is 2.57 bits per heavy atom. The molecular formula is C11H11ClN4O4S. The molecule has 10 heteroatoms. The molecule has 21 heavy (non-hydrogen) atoms. The molecule has 0 radical (unpaired) electrons. The van der Waals surface area contributed by atoms with Crippen molar-refractivity contribution in [3.63, 3.8) is 0 Å². The van der Waals surface area contributed by atoms with Gasteiger partial charge in [0.25, 0.3) is 19.9 Å². The molecule has 0 spiro atoms. The van der Waals surface area contributed by atoms with Crippen LogP contribution in [0.3, 0.4) is 0 Å². The van der Waals surface area contributed by atoms with E-state index in [0.29, 0.717) is 5.56 Å². The molecule has 0 saturated carbocycles. The van der Waals surface area contributed by atoms with Gasteiger partial charge in [0.15, 0.2) is 5.82 Å². The van der Waals surface area contributed by atoms with Crippen LogP contribution in [0.1, 0.15) is 12.5 Å². The molecule has 0 aliphatic heterocycles. The molecular weight excluding hydrogens is 320 g/mol. The summed E-state index contributed by atoms with van der Waals surface area (Å²) in [6.07, 6.45) is 0. The predicted molar refractivity (Wildman–Crippen MR) is 75.6 cm³/mol. The van der Waals surface area contributed by atoms with Crippen LogP contribution in [0.2, 0.25) is 0 Å². The first kappa shape index (κ1) is 15.4. The molecule has 112 valence electrons. The van der Waals surface area contributed by atoms with Gasteiger partial charge in [0.1, 0.15) is 0 Å². The molecule has 0 unspecified atom stereocenters. The SMILES string of the molecule is CCn1c(-c2cccc(C)c2[N+](=O)[O-])nnc1S(=O)(=O)Cl. The lowest BCUT2D eigenvalue weighted by Gasteiger charge is -2.07. The minimum absolute atomic E-state index is 0.0899. The maximum absolute atomic E-state index is 11.5. The average Bonchev–Trinajstić information content (AvgIpc) is 2.81. The summed E-state index contributed by atoms with van der Waals surface area (Å²) >= 11 is 0. The number of rotatable bonds is 4. The third-order valence-electron chi connectivity index (χ3n) is 2.91. The fourth-order valence-corrected chi connectivity index (χ4v) is 2.99. The minimum atomic E-state index is -4.08. The van der Waals surface area contributed by atoms with E-state index in [9.17, 15) is 18.5 Å². The molecule has 0 saturated heterocycles. The zero-order valence-electron chi connectivity index (χ0n) is 11.1. The zero-order chi connectivity index (χ0) is 15.8. The van der Waals surface area contributed by atoms with Crippen molar-refractivity contribution in [3.8, 4) is 11.4 Å². The topological polar surface area (TPSA) is 108 Å². The first-order valence-corrected chi connectivity index (χ1v) is 8.20. The second kappa shape index (κ2) is 5.41. The van der Waals surface area contributed by atoms with E-state index in [1.165, 1.54) is 10.6 Å². The van der Waals surface area contributed by atoms with E-state index in [1.54, 1.807) is 26.0 Å². The minimum Gasteiger partial charge on any atom is -0.297 e. The highest BCUT2D eigenvalue weighted by Crippen LogP contribution is 2.32. The number of halogens is 1. The van der Waals surface area contributed by atoms with Crippen LogP contribution in [0, 0.1) is 17.0 Å². The molecule has 8 nitrogen and oxygen atoms in total. The second-order valence-electron chi connectivity index (χ2n) is 4.22. The number of aryl methyl sites for hydroxylation is 1. The third kappa shape index (κ3) is 2.74. The van der Waals surface area contributed by atoms with Crippen LogP contribution in [-0.2, 0) is 15.6 Å². The zero-order valence-corrected chi connectivity index (χ0v) is 12.7. The van der Waals surface area contributed by atoms with Gasteiger partial charge >= 0.3 is 0 Å². The fraction of sp³-hybridized carbons (Fsp3) is 0.273. The van der Waals surface area contributed by atoms with Crippen molar-refractivity contribution in [1.82, 2.24) is 14.8 Å². The molecule has 0 amide bonds. The number of aromatic nitrogens is 3. The Kier molecular flexibility index (Phi) is 3.97. The normalized spacial score (nSPS) is 11.6. The molecule has 1 aromatic carbocycles. The summed E-state index contributed by atoms with van der Waals surface area (Å²) in [6, 6.07) is 4.71. The van der Waals surface area contributed by atoms with Crippen LogP contribution in [0.5, 0.6) is 0 Å². The largest absolute Gasteiger partial charge is 0.297 e. The number of nitro groups is 1. The van der Waals surface area contributed by atoms with Gasteiger partial charge in [-0.25, -0.2) is 8.42 Å². The molecule has 2 aromatic rings. The summed E-state index contributed by atoms with van der Waals surface area (Å²) in [5.74, 6) is 0.0899. The van der Waals surface area contributed by atoms with Crippen molar-refractivity contribution in [2.45, 2.75) is 25.5 Å². The van der Waals surface area contributed by atoms with E-state index in [4.69, 9.17) is 10.7 Å². The Morgan fingerprint density at radius 1 is 1.38 bits per heavy atom. The number of nitro benzene ring substituents is 1. The van der Waals surface area contributed by atoms with E-state index in [1.807, 2.05) is 0 Å². The van der Waals surface area contributed by atoms with E-state index < -0.39 is 19.1 Å². The molecule has 0 fully saturated rings. The molecule has 0 N–H and O–H groups in total.